The molecule has 0 atom stereocenters. The van der Waals surface area contributed by atoms with Gasteiger partial charge in [0.15, 0.2) is 5.11 Å². The fourth-order valence-corrected chi connectivity index (χ4v) is 1.29. The van der Waals surface area contributed by atoms with E-state index in [-0.39, 0.29) is 0 Å². The van der Waals surface area contributed by atoms with E-state index < -0.39 is 0 Å². The standard InChI is InChI=1S/C10H22N2OS/c1-4-5-6-8-12(2)10(14)11-7-9-13-3/h4-9H2,1-3H3,(H,11,14). The number of methoxy groups -OCH3 is 1. The topological polar surface area (TPSA) is 24.5 Å². The van der Waals surface area contributed by atoms with Crippen LogP contribution in [0, 0.1) is 0 Å². The van der Waals surface area contributed by atoms with Crippen LogP contribution in [0.5, 0.6) is 0 Å². The van der Waals surface area contributed by atoms with Crippen LogP contribution in [0.25, 0.3) is 0 Å². The van der Waals surface area contributed by atoms with Crippen molar-refractivity contribution >= 4 is 17.3 Å². The second-order valence-corrected chi connectivity index (χ2v) is 3.74. The van der Waals surface area contributed by atoms with Gasteiger partial charge in [0.25, 0.3) is 0 Å². The lowest BCUT2D eigenvalue weighted by Crippen LogP contribution is -2.38. The van der Waals surface area contributed by atoms with E-state index in [1.54, 1.807) is 7.11 Å². The summed E-state index contributed by atoms with van der Waals surface area (Å²) < 4.78 is 4.93. The lowest BCUT2D eigenvalue weighted by molar-refractivity contribution is 0.203. The lowest BCUT2D eigenvalue weighted by atomic mass is 10.2. The van der Waals surface area contributed by atoms with Crippen LogP contribution in [-0.4, -0.2) is 43.9 Å². The van der Waals surface area contributed by atoms with Gasteiger partial charge in [-0.3, -0.25) is 0 Å². The molecule has 0 rings (SSSR count). The third-order valence-corrected chi connectivity index (χ3v) is 2.48. The predicted molar refractivity (Wildman–Crippen MR) is 64.6 cm³/mol. The first kappa shape index (κ1) is 13.7. The Morgan fingerprint density at radius 3 is 2.71 bits per heavy atom. The molecule has 0 radical (unpaired) electrons. The highest BCUT2D eigenvalue weighted by atomic mass is 32.1. The fourth-order valence-electron chi connectivity index (χ4n) is 1.10. The Hall–Kier alpha value is -0.350. The average molecular weight is 218 g/mol. The number of ether oxygens (including phenoxy) is 1. The summed E-state index contributed by atoms with van der Waals surface area (Å²) >= 11 is 5.20. The van der Waals surface area contributed by atoms with Gasteiger partial charge >= 0.3 is 0 Å². The Bertz CT molecular complexity index is 153. The summed E-state index contributed by atoms with van der Waals surface area (Å²) in [6.07, 6.45) is 3.72. The molecule has 0 aliphatic rings. The number of thiocarbonyl (C=S) groups is 1. The highest BCUT2D eigenvalue weighted by Crippen LogP contribution is 1.96. The van der Waals surface area contributed by atoms with E-state index in [4.69, 9.17) is 17.0 Å². The molecule has 0 heterocycles. The number of hydrogen-bond donors (Lipinski definition) is 1. The second kappa shape index (κ2) is 9.21. The van der Waals surface area contributed by atoms with Gasteiger partial charge in [0.1, 0.15) is 0 Å². The van der Waals surface area contributed by atoms with Crippen LogP contribution >= 0.6 is 12.2 Å². The zero-order valence-electron chi connectivity index (χ0n) is 9.51. The number of hydrogen-bond acceptors (Lipinski definition) is 2. The molecule has 0 amide bonds. The molecule has 0 saturated carbocycles. The van der Waals surface area contributed by atoms with Crippen LogP contribution in [0.15, 0.2) is 0 Å². The number of rotatable bonds is 7. The summed E-state index contributed by atoms with van der Waals surface area (Å²) in [5.74, 6) is 0. The molecule has 0 aliphatic heterocycles. The molecule has 14 heavy (non-hydrogen) atoms. The molecule has 4 heteroatoms. The van der Waals surface area contributed by atoms with Crippen LogP contribution in [0.3, 0.4) is 0 Å². The SMILES string of the molecule is CCCCCN(C)C(=S)NCCOC. The molecule has 0 bridgehead atoms. The van der Waals surface area contributed by atoms with Crippen LogP contribution < -0.4 is 5.32 Å². The van der Waals surface area contributed by atoms with E-state index in [1.165, 1.54) is 19.3 Å². The Labute approximate surface area is 92.8 Å². The fraction of sp³-hybridized carbons (Fsp3) is 0.900. The minimum absolute atomic E-state index is 0.697. The largest absolute Gasteiger partial charge is 0.383 e. The third kappa shape index (κ3) is 7.09. The minimum atomic E-state index is 0.697. The molecule has 3 nitrogen and oxygen atoms in total. The van der Waals surface area contributed by atoms with Gasteiger partial charge in [0, 0.05) is 27.2 Å². The van der Waals surface area contributed by atoms with Crippen molar-refractivity contribution in [1.29, 1.82) is 0 Å². The second-order valence-electron chi connectivity index (χ2n) is 3.35. The molecular weight excluding hydrogens is 196 g/mol. The van der Waals surface area contributed by atoms with Crippen molar-refractivity contribution < 1.29 is 4.74 Å². The van der Waals surface area contributed by atoms with Crippen molar-refractivity contribution in [2.45, 2.75) is 26.2 Å². The van der Waals surface area contributed by atoms with Crippen molar-refractivity contribution in [3.05, 3.63) is 0 Å². The molecule has 0 unspecified atom stereocenters. The molecule has 1 N–H and O–H groups in total. The molecule has 0 saturated heterocycles. The number of unbranched alkanes of at least 4 members (excludes halogenated alkanes) is 2. The van der Waals surface area contributed by atoms with E-state index >= 15 is 0 Å². The van der Waals surface area contributed by atoms with Gasteiger partial charge in [-0.25, -0.2) is 0 Å². The van der Waals surface area contributed by atoms with E-state index in [1.807, 2.05) is 7.05 Å². The third-order valence-electron chi connectivity index (χ3n) is 2.03. The molecular formula is C10H22N2OS. The van der Waals surface area contributed by atoms with Crippen molar-refractivity contribution in [1.82, 2.24) is 10.2 Å². The maximum atomic E-state index is 5.20. The Morgan fingerprint density at radius 1 is 1.43 bits per heavy atom. The normalized spacial score (nSPS) is 9.93. The van der Waals surface area contributed by atoms with Gasteiger partial charge in [-0.15, -0.1) is 0 Å². The van der Waals surface area contributed by atoms with Crippen LogP contribution in [0.2, 0.25) is 0 Å². The van der Waals surface area contributed by atoms with Gasteiger partial charge in [-0.05, 0) is 18.6 Å². The molecule has 0 aliphatic carbocycles. The van der Waals surface area contributed by atoms with Gasteiger partial charge in [0.2, 0.25) is 0 Å². The maximum Gasteiger partial charge on any atom is 0.168 e. The lowest BCUT2D eigenvalue weighted by Gasteiger charge is -2.20. The zero-order valence-corrected chi connectivity index (χ0v) is 10.3. The first-order chi connectivity index (χ1) is 6.72. The Morgan fingerprint density at radius 2 is 2.14 bits per heavy atom. The first-order valence-electron chi connectivity index (χ1n) is 5.20. The highest BCUT2D eigenvalue weighted by Gasteiger charge is 2.01. The number of nitrogens with zero attached hydrogens (tertiary/aromatic N) is 1. The summed E-state index contributed by atoms with van der Waals surface area (Å²) in [5.41, 5.74) is 0. The summed E-state index contributed by atoms with van der Waals surface area (Å²) in [6.45, 7) is 4.72. The van der Waals surface area contributed by atoms with E-state index in [9.17, 15) is 0 Å². The van der Waals surface area contributed by atoms with Gasteiger partial charge < -0.3 is 15.0 Å². The summed E-state index contributed by atoms with van der Waals surface area (Å²) in [7, 11) is 3.72. The van der Waals surface area contributed by atoms with E-state index in [2.05, 4.69) is 17.1 Å². The van der Waals surface area contributed by atoms with Crippen molar-refractivity contribution in [3.63, 3.8) is 0 Å². The van der Waals surface area contributed by atoms with Crippen molar-refractivity contribution in [3.8, 4) is 0 Å². The smallest absolute Gasteiger partial charge is 0.168 e. The van der Waals surface area contributed by atoms with Gasteiger partial charge in [0.05, 0.1) is 6.61 Å². The minimum Gasteiger partial charge on any atom is -0.383 e. The molecule has 0 spiro atoms. The van der Waals surface area contributed by atoms with Crippen LogP contribution in [0.1, 0.15) is 26.2 Å². The average Bonchev–Trinajstić information content (AvgIpc) is 2.18. The number of nitrogens with one attached hydrogen (secondary N) is 1. The Kier molecular flexibility index (Phi) is 8.98. The molecule has 0 aromatic carbocycles. The van der Waals surface area contributed by atoms with E-state index in [0.717, 1.165) is 18.2 Å². The predicted octanol–water partition coefficient (Wildman–Crippen LogP) is 1.63. The van der Waals surface area contributed by atoms with Crippen LogP contribution in [-0.2, 0) is 4.74 Å². The summed E-state index contributed by atoms with van der Waals surface area (Å²) in [6, 6.07) is 0. The van der Waals surface area contributed by atoms with Crippen LogP contribution in [0.4, 0.5) is 0 Å². The summed E-state index contributed by atoms with van der Waals surface area (Å²) in [5, 5.41) is 3.96. The molecule has 0 aromatic heterocycles. The van der Waals surface area contributed by atoms with E-state index in [0.29, 0.717) is 6.61 Å². The zero-order chi connectivity index (χ0) is 10.8. The Balaban J connectivity index is 3.44. The van der Waals surface area contributed by atoms with Gasteiger partial charge in [-0.1, -0.05) is 19.8 Å². The molecule has 84 valence electrons. The molecule has 0 aromatic rings. The highest BCUT2D eigenvalue weighted by molar-refractivity contribution is 7.80. The first-order valence-corrected chi connectivity index (χ1v) is 5.61. The quantitative estimate of drug-likeness (QED) is 0.518. The monoisotopic (exact) mass is 218 g/mol. The van der Waals surface area contributed by atoms with Crippen molar-refractivity contribution in [2.24, 2.45) is 0 Å². The maximum absolute atomic E-state index is 5.20. The summed E-state index contributed by atoms with van der Waals surface area (Å²) in [4.78, 5) is 2.08. The molecule has 0 fully saturated rings. The van der Waals surface area contributed by atoms with Gasteiger partial charge in [-0.2, -0.15) is 0 Å². The van der Waals surface area contributed by atoms with Crippen molar-refractivity contribution in [2.75, 3.05) is 33.9 Å².